The van der Waals surface area contributed by atoms with Gasteiger partial charge in [0.1, 0.15) is 0 Å². The van der Waals surface area contributed by atoms with Gasteiger partial charge < -0.3 is 20.1 Å². The van der Waals surface area contributed by atoms with Crippen LogP contribution in [0.1, 0.15) is 98.3 Å². The molecule has 0 aliphatic heterocycles. The highest BCUT2D eigenvalue weighted by atomic mass is 16.5. The zero-order valence-corrected chi connectivity index (χ0v) is 23.3. The normalized spacial score (nSPS) is 44.8. The molecule has 0 aromatic carbocycles. The number of hydrogen-bond donors (Lipinski definition) is 3. The average Bonchev–Trinajstić information content (AvgIpc) is 3.19. The Balaban J connectivity index is 1.39. The first kappa shape index (κ1) is 28.1. The van der Waals surface area contributed by atoms with Crippen LogP contribution in [0, 0.1) is 52.3 Å². The zero-order chi connectivity index (χ0) is 26.3. The lowest BCUT2D eigenvalue weighted by molar-refractivity contribution is -0.203. The summed E-state index contributed by atoms with van der Waals surface area (Å²) in [6, 6.07) is 0. The molecule has 11 atom stereocenters. The average molecular weight is 505 g/mol. The van der Waals surface area contributed by atoms with Crippen molar-refractivity contribution in [3.63, 3.8) is 0 Å². The molecule has 5 nitrogen and oxygen atoms in total. The lowest BCUT2D eigenvalue weighted by Crippen LogP contribution is -2.62. The molecule has 4 saturated carbocycles. The SMILES string of the molecule is C=C(CCCOCC[C@@H](C)[C@H]1CC[C@H]2[C@@H]3[C@H](O)[C@H](CC)[C@@H]4C[C@H](O)CC[C@]4(C)[C@H]3CC[C@]12C)C(=O)O. The van der Waals surface area contributed by atoms with E-state index in [1.54, 1.807) is 0 Å². The number of carboxylic acid groups (broad SMARTS) is 1. The van der Waals surface area contributed by atoms with Gasteiger partial charge >= 0.3 is 5.97 Å². The molecule has 0 radical (unpaired) electrons. The number of carbonyl (C=O) groups is 1. The molecule has 4 fully saturated rings. The maximum absolute atomic E-state index is 11.8. The summed E-state index contributed by atoms with van der Waals surface area (Å²) in [4.78, 5) is 10.9. The first-order chi connectivity index (χ1) is 17.0. The fourth-order valence-corrected chi connectivity index (χ4v) is 10.00. The van der Waals surface area contributed by atoms with Gasteiger partial charge in [0.2, 0.25) is 0 Å². The molecule has 5 heteroatoms. The number of carboxylic acids is 1. The Bertz CT molecular complexity index is 796. The topological polar surface area (TPSA) is 87.0 Å². The van der Waals surface area contributed by atoms with Gasteiger partial charge in [-0.25, -0.2) is 4.79 Å². The number of fused-ring (bicyclic) bond motifs is 5. The van der Waals surface area contributed by atoms with Gasteiger partial charge in [-0.2, -0.15) is 0 Å². The van der Waals surface area contributed by atoms with Gasteiger partial charge in [0.25, 0.3) is 0 Å². The fourth-order valence-electron chi connectivity index (χ4n) is 10.00. The van der Waals surface area contributed by atoms with Gasteiger partial charge in [0.15, 0.2) is 0 Å². The number of aliphatic hydroxyl groups excluding tert-OH is 2. The number of aliphatic carboxylic acids is 1. The first-order valence-electron chi connectivity index (χ1n) is 14.9. The Hall–Kier alpha value is -0.910. The minimum Gasteiger partial charge on any atom is -0.478 e. The quantitative estimate of drug-likeness (QED) is 0.248. The Morgan fingerprint density at radius 3 is 2.42 bits per heavy atom. The maximum Gasteiger partial charge on any atom is 0.330 e. The molecule has 0 saturated heterocycles. The summed E-state index contributed by atoms with van der Waals surface area (Å²) in [6.45, 7) is 14.6. The van der Waals surface area contributed by atoms with E-state index in [1.165, 1.54) is 25.7 Å². The molecule has 0 amide bonds. The van der Waals surface area contributed by atoms with Crippen LogP contribution in [-0.4, -0.2) is 46.7 Å². The number of ether oxygens (including phenoxy) is 1. The van der Waals surface area contributed by atoms with E-state index in [0.29, 0.717) is 60.9 Å². The van der Waals surface area contributed by atoms with Gasteiger partial charge in [-0.15, -0.1) is 0 Å². The van der Waals surface area contributed by atoms with Gasteiger partial charge in [-0.05, 0) is 116 Å². The van der Waals surface area contributed by atoms with Crippen LogP contribution in [-0.2, 0) is 9.53 Å². The van der Waals surface area contributed by atoms with E-state index in [1.807, 2.05) is 0 Å². The molecule has 206 valence electrons. The second kappa shape index (κ2) is 11.1. The van der Waals surface area contributed by atoms with E-state index in [9.17, 15) is 15.0 Å². The molecule has 3 N–H and O–H groups in total. The van der Waals surface area contributed by atoms with Gasteiger partial charge in [-0.1, -0.05) is 40.7 Å². The summed E-state index contributed by atoms with van der Waals surface area (Å²) < 4.78 is 5.88. The van der Waals surface area contributed by atoms with Crippen LogP contribution in [0.4, 0.5) is 0 Å². The predicted molar refractivity (Wildman–Crippen MR) is 142 cm³/mol. The number of hydrogen-bond acceptors (Lipinski definition) is 4. The van der Waals surface area contributed by atoms with E-state index in [2.05, 4.69) is 34.3 Å². The van der Waals surface area contributed by atoms with Crippen LogP contribution in [0.3, 0.4) is 0 Å². The van der Waals surface area contributed by atoms with Crippen LogP contribution >= 0.6 is 0 Å². The highest BCUT2D eigenvalue weighted by Crippen LogP contribution is 2.69. The summed E-state index contributed by atoms with van der Waals surface area (Å²) in [6.07, 6.45) is 10.7. The molecular formula is C31H52O5. The highest BCUT2D eigenvalue weighted by Gasteiger charge is 2.64. The lowest BCUT2D eigenvalue weighted by atomic mass is 9.41. The standard InChI is InChI=1S/C31H52O5/c1-6-22-26-18-21(32)11-14-31(26,5)25-12-15-30(4)23(9-10-24(30)27(25)28(22)33)19(2)13-17-36-16-7-8-20(3)29(34)35/h19,21-28,32-33H,3,6-18H2,1-2,4-5H3,(H,34,35)/t19-,21-,22-,23-,24+,25+,26+,27+,28-,30-,31-/m1/s1. The lowest BCUT2D eigenvalue weighted by Gasteiger charge is -2.64. The summed E-state index contributed by atoms with van der Waals surface area (Å²) in [7, 11) is 0. The van der Waals surface area contributed by atoms with Crippen molar-refractivity contribution < 1.29 is 24.9 Å². The Kier molecular flexibility index (Phi) is 8.64. The molecule has 4 aliphatic carbocycles. The molecule has 4 rings (SSSR count). The van der Waals surface area contributed by atoms with Crippen molar-refractivity contribution in [1.82, 2.24) is 0 Å². The van der Waals surface area contributed by atoms with E-state index in [0.717, 1.165) is 38.7 Å². The minimum absolute atomic E-state index is 0.190. The smallest absolute Gasteiger partial charge is 0.330 e. The van der Waals surface area contributed by atoms with Crippen molar-refractivity contribution in [2.24, 2.45) is 52.3 Å². The van der Waals surface area contributed by atoms with Crippen molar-refractivity contribution in [2.75, 3.05) is 13.2 Å². The Morgan fingerprint density at radius 1 is 1.03 bits per heavy atom. The zero-order valence-electron chi connectivity index (χ0n) is 23.3. The summed E-state index contributed by atoms with van der Waals surface area (Å²) in [5.41, 5.74) is 0.803. The molecule has 0 spiro atoms. The van der Waals surface area contributed by atoms with E-state index in [4.69, 9.17) is 9.84 Å². The van der Waals surface area contributed by atoms with Gasteiger partial charge in [0, 0.05) is 18.8 Å². The van der Waals surface area contributed by atoms with Crippen LogP contribution in [0.5, 0.6) is 0 Å². The summed E-state index contributed by atoms with van der Waals surface area (Å²) >= 11 is 0. The number of rotatable bonds is 10. The second-order valence-electron chi connectivity index (χ2n) is 13.5. The predicted octanol–water partition coefficient (Wildman–Crippen LogP) is 6.08. The van der Waals surface area contributed by atoms with E-state index >= 15 is 0 Å². The van der Waals surface area contributed by atoms with Crippen molar-refractivity contribution in [2.45, 2.75) is 111 Å². The number of aliphatic hydroxyl groups is 2. The molecule has 36 heavy (non-hydrogen) atoms. The third kappa shape index (κ3) is 4.94. The third-order valence-electron chi connectivity index (χ3n) is 11.9. The van der Waals surface area contributed by atoms with E-state index < -0.39 is 5.97 Å². The van der Waals surface area contributed by atoms with Crippen LogP contribution in [0.25, 0.3) is 0 Å². The van der Waals surface area contributed by atoms with Gasteiger partial charge in [-0.3, -0.25) is 0 Å². The maximum atomic E-state index is 11.8. The fraction of sp³-hybridized carbons (Fsp3) is 0.903. The van der Waals surface area contributed by atoms with Gasteiger partial charge in [0.05, 0.1) is 12.2 Å². The third-order valence-corrected chi connectivity index (χ3v) is 11.9. The monoisotopic (exact) mass is 504 g/mol. The molecular weight excluding hydrogens is 452 g/mol. The molecule has 0 aromatic heterocycles. The molecule has 0 heterocycles. The molecule has 0 bridgehead atoms. The molecule has 0 unspecified atom stereocenters. The Labute approximate surface area is 219 Å². The molecule has 4 aliphatic rings. The largest absolute Gasteiger partial charge is 0.478 e. The minimum atomic E-state index is -0.915. The molecule has 0 aromatic rings. The highest BCUT2D eigenvalue weighted by molar-refractivity contribution is 5.85. The van der Waals surface area contributed by atoms with Crippen molar-refractivity contribution in [1.29, 1.82) is 0 Å². The van der Waals surface area contributed by atoms with Crippen molar-refractivity contribution in [3.8, 4) is 0 Å². The summed E-state index contributed by atoms with van der Waals surface area (Å²) in [5.74, 6) is 2.70. The van der Waals surface area contributed by atoms with Crippen LogP contribution in [0.2, 0.25) is 0 Å². The second-order valence-corrected chi connectivity index (χ2v) is 13.5. The van der Waals surface area contributed by atoms with Crippen LogP contribution < -0.4 is 0 Å². The Morgan fingerprint density at radius 2 is 1.72 bits per heavy atom. The van der Waals surface area contributed by atoms with Crippen molar-refractivity contribution >= 4 is 5.97 Å². The van der Waals surface area contributed by atoms with Crippen LogP contribution in [0.15, 0.2) is 12.2 Å². The summed E-state index contributed by atoms with van der Waals surface area (Å²) in [5, 5.41) is 31.3. The van der Waals surface area contributed by atoms with Crippen molar-refractivity contribution in [3.05, 3.63) is 12.2 Å². The van der Waals surface area contributed by atoms with E-state index in [-0.39, 0.29) is 28.6 Å². The first-order valence-corrected chi connectivity index (χ1v) is 14.9.